The van der Waals surface area contributed by atoms with Gasteiger partial charge in [0.25, 0.3) is 0 Å². The second kappa shape index (κ2) is 8.08. The summed E-state index contributed by atoms with van der Waals surface area (Å²) in [5.74, 6) is -1.24. The number of benzene rings is 1. The van der Waals surface area contributed by atoms with Crippen molar-refractivity contribution >= 4 is 80.1 Å². The summed E-state index contributed by atoms with van der Waals surface area (Å²) in [6.07, 6.45) is 1.09. The van der Waals surface area contributed by atoms with Crippen molar-refractivity contribution < 1.29 is 14.7 Å². The molecule has 1 rings (SSSR count). The van der Waals surface area contributed by atoms with E-state index in [1.54, 1.807) is 6.07 Å². The molecule has 0 aromatic heterocycles. The van der Waals surface area contributed by atoms with Gasteiger partial charge in [-0.1, -0.05) is 6.92 Å². The zero-order chi connectivity index (χ0) is 15.3. The van der Waals surface area contributed by atoms with Crippen molar-refractivity contribution in [2.24, 2.45) is 0 Å². The lowest BCUT2D eigenvalue weighted by atomic mass is 10.2. The number of halogens is 2. The largest absolute Gasteiger partial charge is 0.478 e. The molecule has 0 saturated heterocycles. The second-order valence-corrected chi connectivity index (χ2v) is 6.68. The molecule has 0 aliphatic rings. The number of carbonyl (C=O) groups excluding carboxylic acids is 1. The molecule has 1 aromatic rings. The molecule has 0 spiro atoms. The lowest BCUT2D eigenvalue weighted by Crippen LogP contribution is -2.34. The number of carbonyl (C=O) groups is 2. The maximum atomic E-state index is 11.4. The van der Waals surface area contributed by atoms with Gasteiger partial charge >= 0.3 is 5.97 Å². The number of carboxylic acid groups (broad SMARTS) is 1. The van der Waals surface area contributed by atoms with Gasteiger partial charge in [-0.05, 0) is 76.0 Å². The number of hydrogen-bond acceptors (Lipinski definition) is 3. The third-order valence-electron chi connectivity index (χ3n) is 2.25. The van der Waals surface area contributed by atoms with Gasteiger partial charge in [0.1, 0.15) is 0 Å². The van der Waals surface area contributed by atoms with Crippen LogP contribution in [0.25, 0.3) is 0 Å². The molecule has 1 aromatic carbocycles. The van der Waals surface area contributed by atoms with Gasteiger partial charge in [0.05, 0.1) is 11.3 Å². The molecule has 108 valence electrons. The maximum Gasteiger partial charge on any atom is 0.337 e. The molecular formula is C12H12I2N2O3S. The standard InChI is InChI=1S/C12H12I2N2O3S/c1-2-3-9(17)15-12(20)16-10-7(11(18)19)4-6(13)5-8(10)14/h4-5H,2-3H2,1H3,(H,18,19)(H2,15,16,17,20). The van der Waals surface area contributed by atoms with Gasteiger partial charge in [-0.2, -0.15) is 0 Å². The number of hydrogen-bond donors (Lipinski definition) is 3. The molecule has 0 saturated carbocycles. The van der Waals surface area contributed by atoms with E-state index in [1.807, 2.05) is 58.2 Å². The molecule has 0 bridgehead atoms. The minimum atomic E-state index is -1.05. The highest BCUT2D eigenvalue weighted by Gasteiger charge is 2.16. The first kappa shape index (κ1) is 17.6. The first-order valence-corrected chi connectivity index (χ1v) is 8.25. The third-order valence-corrected chi connectivity index (χ3v) is 3.93. The average molecular weight is 518 g/mol. The number of amides is 1. The summed E-state index contributed by atoms with van der Waals surface area (Å²) in [6, 6.07) is 3.37. The highest BCUT2D eigenvalue weighted by Crippen LogP contribution is 2.26. The monoisotopic (exact) mass is 518 g/mol. The molecule has 1 amide bonds. The maximum absolute atomic E-state index is 11.4. The van der Waals surface area contributed by atoms with E-state index in [4.69, 9.17) is 12.2 Å². The van der Waals surface area contributed by atoms with Gasteiger partial charge < -0.3 is 15.7 Å². The van der Waals surface area contributed by atoms with Crippen molar-refractivity contribution in [2.45, 2.75) is 19.8 Å². The van der Waals surface area contributed by atoms with Crippen molar-refractivity contribution in [1.82, 2.24) is 5.32 Å². The molecule has 0 aliphatic carbocycles. The van der Waals surface area contributed by atoms with Crippen LogP contribution in [0.1, 0.15) is 30.1 Å². The van der Waals surface area contributed by atoms with Crippen LogP contribution in [0.5, 0.6) is 0 Å². The van der Waals surface area contributed by atoms with Crippen LogP contribution in [0.4, 0.5) is 5.69 Å². The Morgan fingerprint density at radius 1 is 1.35 bits per heavy atom. The predicted octanol–water partition coefficient (Wildman–Crippen LogP) is 3.21. The van der Waals surface area contributed by atoms with Gasteiger partial charge in [-0.25, -0.2) is 4.79 Å². The molecule has 3 N–H and O–H groups in total. The van der Waals surface area contributed by atoms with Crippen LogP contribution in [-0.4, -0.2) is 22.1 Å². The topological polar surface area (TPSA) is 78.4 Å². The smallest absolute Gasteiger partial charge is 0.337 e. The Morgan fingerprint density at radius 2 is 2.00 bits per heavy atom. The molecule has 8 heteroatoms. The quantitative estimate of drug-likeness (QED) is 0.422. The number of thiocarbonyl (C=S) groups is 1. The molecule has 20 heavy (non-hydrogen) atoms. The van der Waals surface area contributed by atoms with E-state index < -0.39 is 5.97 Å². The highest BCUT2D eigenvalue weighted by molar-refractivity contribution is 14.1. The predicted molar refractivity (Wildman–Crippen MR) is 98.1 cm³/mol. The van der Waals surface area contributed by atoms with Crippen LogP contribution in [0, 0.1) is 7.14 Å². The normalized spacial score (nSPS) is 9.95. The third kappa shape index (κ3) is 5.13. The Hall–Kier alpha value is -0.490. The molecule has 0 atom stereocenters. The molecule has 0 heterocycles. The summed E-state index contributed by atoms with van der Waals surface area (Å²) in [6.45, 7) is 1.89. The van der Waals surface area contributed by atoms with Gasteiger partial charge in [0, 0.05) is 13.6 Å². The Bertz CT molecular complexity index is 564. The Morgan fingerprint density at radius 3 is 2.55 bits per heavy atom. The minimum absolute atomic E-state index is 0.102. The summed E-state index contributed by atoms with van der Waals surface area (Å²) in [5.41, 5.74) is 0.508. The number of aromatic carboxylic acids is 1. The van der Waals surface area contributed by atoms with E-state index in [0.717, 1.165) is 13.6 Å². The highest BCUT2D eigenvalue weighted by atomic mass is 127. The molecule has 0 aliphatic heterocycles. The Balaban J connectivity index is 2.94. The zero-order valence-corrected chi connectivity index (χ0v) is 15.6. The Labute approximate surface area is 149 Å². The van der Waals surface area contributed by atoms with Crippen molar-refractivity contribution in [3.8, 4) is 0 Å². The molecule has 0 unspecified atom stereocenters. The van der Waals surface area contributed by atoms with E-state index in [9.17, 15) is 14.7 Å². The van der Waals surface area contributed by atoms with Crippen LogP contribution in [0.2, 0.25) is 0 Å². The lowest BCUT2D eigenvalue weighted by molar-refractivity contribution is -0.119. The van der Waals surface area contributed by atoms with Gasteiger partial charge in [-0.15, -0.1) is 0 Å². The van der Waals surface area contributed by atoms with Crippen LogP contribution in [-0.2, 0) is 4.79 Å². The summed E-state index contributed by atoms with van der Waals surface area (Å²) >= 11 is 9.10. The molecule has 0 fully saturated rings. The fourth-order valence-corrected chi connectivity index (χ4v) is 3.63. The van der Waals surface area contributed by atoms with E-state index in [-0.39, 0.29) is 16.6 Å². The number of carboxylic acids is 1. The van der Waals surface area contributed by atoms with Gasteiger partial charge in [0.2, 0.25) is 5.91 Å². The first-order chi connectivity index (χ1) is 9.35. The minimum Gasteiger partial charge on any atom is -0.478 e. The van der Waals surface area contributed by atoms with E-state index in [0.29, 0.717) is 12.1 Å². The van der Waals surface area contributed by atoms with Crippen molar-refractivity contribution in [3.63, 3.8) is 0 Å². The lowest BCUT2D eigenvalue weighted by Gasteiger charge is -2.13. The Kier molecular flexibility index (Phi) is 7.09. The van der Waals surface area contributed by atoms with Crippen LogP contribution in [0.3, 0.4) is 0 Å². The van der Waals surface area contributed by atoms with Crippen molar-refractivity contribution in [1.29, 1.82) is 0 Å². The summed E-state index contributed by atoms with van der Waals surface area (Å²) in [4.78, 5) is 22.7. The SMILES string of the molecule is CCCC(=O)NC(=S)Nc1c(I)cc(I)cc1C(=O)O. The molecule has 5 nitrogen and oxygen atoms in total. The van der Waals surface area contributed by atoms with Crippen LogP contribution >= 0.6 is 57.4 Å². The summed E-state index contributed by atoms with van der Waals surface area (Å²) in [7, 11) is 0. The van der Waals surface area contributed by atoms with Crippen molar-refractivity contribution in [3.05, 3.63) is 24.8 Å². The number of anilines is 1. The van der Waals surface area contributed by atoms with Gasteiger partial charge in [0.15, 0.2) is 5.11 Å². The van der Waals surface area contributed by atoms with Crippen LogP contribution < -0.4 is 10.6 Å². The number of nitrogens with one attached hydrogen (secondary N) is 2. The van der Waals surface area contributed by atoms with E-state index in [1.165, 1.54) is 0 Å². The zero-order valence-electron chi connectivity index (χ0n) is 10.5. The molecule has 0 radical (unpaired) electrons. The van der Waals surface area contributed by atoms with E-state index >= 15 is 0 Å². The van der Waals surface area contributed by atoms with Crippen LogP contribution in [0.15, 0.2) is 12.1 Å². The van der Waals surface area contributed by atoms with E-state index in [2.05, 4.69) is 10.6 Å². The average Bonchev–Trinajstić information content (AvgIpc) is 2.32. The first-order valence-electron chi connectivity index (χ1n) is 5.68. The van der Waals surface area contributed by atoms with Crippen molar-refractivity contribution in [2.75, 3.05) is 5.32 Å². The fraction of sp³-hybridized carbons (Fsp3) is 0.250. The second-order valence-electron chi connectivity index (χ2n) is 3.87. The summed E-state index contributed by atoms with van der Waals surface area (Å²) < 4.78 is 1.54. The number of rotatable bonds is 4. The van der Waals surface area contributed by atoms with Gasteiger partial charge in [-0.3, -0.25) is 4.79 Å². The summed E-state index contributed by atoms with van der Waals surface area (Å²) in [5, 5.41) is 14.6. The molecular weight excluding hydrogens is 506 g/mol. The fourth-order valence-electron chi connectivity index (χ4n) is 1.43.